The van der Waals surface area contributed by atoms with Gasteiger partial charge in [-0.2, -0.15) is 0 Å². The van der Waals surface area contributed by atoms with E-state index in [1.54, 1.807) is 12.1 Å². The van der Waals surface area contributed by atoms with E-state index in [-0.39, 0.29) is 36.6 Å². The molecule has 1 heterocycles. The third-order valence-corrected chi connectivity index (χ3v) is 5.27. The molecule has 1 aromatic heterocycles. The largest absolute Gasteiger partial charge is 0.493 e. The van der Waals surface area contributed by atoms with Crippen LogP contribution in [-0.2, 0) is 4.79 Å². The van der Waals surface area contributed by atoms with Gasteiger partial charge in [0.15, 0.2) is 11.6 Å². The van der Waals surface area contributed by atoms with Crippen LogP contribution in [0, 0.1) is 5.82 Å². The number of aromatic nitrogens is 2. The van der Waals surface area contributed by atoms with Crippen LogP contribution < -0.4 is 9.47 Å². The Morgan fingerprint density at radius 3 is 2.36 bits per heavy atom. The lowest BCUT2D eigenvalue weighted by atomic mass is 10.1. The highest BCUT2D eigenvalue weighted by molar-refractivity contribution is 5.78. The van der Waals surface area contributed by atoms with E-state index in [1.165, 1.54) is 44.1 Å². The summed E-state index contributed by atoms with van der Waals surface area (Å²) in [6.45, 7) is 4.50. The maximum Gasteiger partial charge on any atom is 0.162 e. The van der Waals surface area contributed by atoms with E-state index < -0.39 is 12.0 Å². The van der Waals surface area contributed by atoms with Crippen LogP contribution in [0.4, 0.5) is 8.78 Å². The number of nitrogens with zero attached hydrogens (tertiary/aromatic N) is 2. The molecule has 1 unspecified atom stereocenters. The van der Waals surface area contributed by atoms with Crippen LogP contribution in [-0.4, -0.2) is 35.1 Å². The molecule has 5 nitrogen and oxygen atoms in total. The zero-order valence-corrected chi connectivity index (χ0v) is 19.8. The van der Waals surface area contributed by atoms with Crippen LogP contribution in [0.25, 0.3) is 11.4 Å². The summed E-state index contributed by atoms with van der Waals surface area (Å²) in [5.41, 5.74) is 0.256. The first-order chi connectivity index (χ1) is 16.0. The van der Waals surface area contributed by atoms with E-state index in [0.29, 0.717) is 24.5 Å². The minimum absolute atomic E-state index is 0.0636. The van der Waals surface area contributed by atoms with E-state index in [0.717, 1.165) is 19.3 Å². The van der Waals surface area contributed by atoms with E-state index >= 15 is 0 Å². The molecule has 0 amide bonds. The highest BCUT2D eigenvalue weighted by atomic mass is 19.1. The predicted molar refractivity (Wildman–Crippen MR) is 126 cm³/mol. The normalized spacial score (nSPS) is 11.9. The summed E-state index contributed by atoms with van der Waals surface area (Å²) in [5, 5.41) is 0. The highest BCUT2D eigenvalue weighted by Crippen LogP contribution is 2.24. The number of hydrogen-bond donors (Lipinski definition) is 0. The second-order valence-corrected chi connectivity index (χ2v) is 8.24. The number of halogens is 2. The summed E-state index contributed by atoms with van der Waals surface area (Å²) in [6, 6.07) is 4.64. The van der Waals surface area contributed by atoms with Crippen LogP contribution in [0.2, 0.25) is 0 Å². The first-order valence-electron chi connectivity index (χ1n) is 12.1. The lowest BCUT2D eigenvalue weighted by Crippen LogP contribution is -2.14. The van der Waals surface area contributed by atoms with E-state index in [9.17, 15) is 13.6 Å². The molecule has 33 heavy (non-hydrogen) atoms. The van der Waals surface area contributed by atoms with Gasteiger partial charge >= 0.3 is 0 Å². The molecule has 2 rings (SSSR count). The molecule has 0 aliphatic rings. The molecule has 0 aliphatic heterocycles. The number of benzene rings is 1. The van der Waals surface area contributed by atoms with Gasteiger partial charge < -0.3 is 9.47 Å². The van der Waals surface area contributed by atoms with Crippen molar-refractivity contribution < 1.29 is 23.0 Å². The number of ketones is 1. The van der Waals surface area contributed by atoms with Crippen LogP contribution in [0.3, 0.4) is 0 Å². The number of hydrogen-bond acceptors (Lipinski definition) is 5. The van der Waals surface area contributed by atoms with Gasteiger partial charge in [-0.1, -0.05) is 46.0 Å². The van der Waals surface area contributed by atoms with Crippen LogP contribution >= 0.6 is 0 Å². The summed E-state index contributed by atoms with van der Waals surface area (Å²) >= 11 is 0. The molecule has 0 spiro atoms. The van der Waals surface area contributed by atoms with E-state index in [2.05, 4.69) is 16.9 Å². The number of carbonyl (C=O) groups is 1. The molecular formula is C26H36F2N2O3. The summed E-state index contributed by atoms with van der Waals surface area (Å²) in [5.74, 6) is 0.583. The van der Waals surface area contributed by atoms with Crippen molar-refractivity contribution in [2.75, 3.05) is 13.2 Å². The van der Waals surface area contributed by atoms with Crippen LogP contribution in [0.1, 0.15) is 78.1 Å². The maximum absolute atomic E-state index is 14.5. The zero-order chi connectivity index (χ0) is 23.9. The van der Waals surface area contributed by atoms with E-state index in [4.69, 9.17) is 9.47 Å². The molecule has 7 heteroatoms. The molecule has 1 atom stereocenters. The lowest BCUT2D eigenvalue weighted by Gasteiger charge is -2.10. The Hall–Kier alpha value is -2.57. The second kappa shape index (κ2) is 15.3. The van der Waals surface area contributed by atoms with Gasteiger partial charge in [0.2, 0.25) is 0 Å². The van der Waals surface area contributed by atoms with E-state index in [1.807, 2.05) is 6.92 Å². The molecule has 0 radical (unpaired) electrons. The van der Waals surface area contributed by atoms with Crippen molar-refractivity contribution in [3.63, 3.8) is 0 Å². The Morgan fingerprint density at radius 1 is 0.939 bits per heavy atom. The van der Waals surface area contributed by atoms with Crippen molar-refractivity contribution in [3.8, 4) is 22.9 Å². The van der Waals surface area contributed by atoms with Gasteiger partial charge in [0, 0.05) is 18.9 Å². The van der Waals surface area contributed by atoms with Gasteiger partial charge in [-0.3, -0.25) is 4.79 Å². The topological polar surface area (TPSA) is 61.3 Å². The third kappa shape index (κ3) is 10.3. The number of rotatable bonds is 17. The Kier molecular flexibility index (Phi) is 12.4. The highest BCUT2D eigenvalue weighted by Gasteiger charge is 2.13. The molecular weight excluding hydrogens is 426 g/mol. The quantitative estimate of drug-likeness (QED) is 0.240. The van der Waals surface area contributed by atoms with Crippen molar-refractivity contribution in [2.24, 2.45) is 0 Å². The van der Waals surface area contributed by atoms with Gasteiger partial charge in [0.1, 0.15) is 30.1 Å². The van der Waals surface area contributed by atoms with Crippen molar-refractivity contribution in [1.29, 1.82) is 0 Å². The van der Waals surface area contributed by atoms with Gasteiger partial charge in [0.05, 0.1) is 24.6 Å². The number of ether oxygens (including phenoxy) is 2. The summed E-state index contributed by atoms with van der Waals surface area (Å²) in [6.07, 6.45) is 10.1. The minimum Gasteiger partial charge on any atom is -0.493 e. The molecule has 0 bridgehead atoms. The summed E-state index contributed by atoms with van der Waals surface area (Å²) < 4.78 is 39.5. The van der Waals surface area contributed by atoms with Crippen molar-refractivity contribution in [2.45, 2.75) is 84.2 Å². The third-order valence-electron chi connectivity index (χ3n) is 5.27. The Balaban J connectivity index is 1.78. The average molecular weight is 463 g/mol. The molecule has 0 N–H and O–H groups in total. The Bertz CT molecular complexity index is 831. The molecule has 0 saturated heterocycles. The predicted octanol–water partition coefficient (Wildman–Crippen LogP) is 6.89. The smallest absolute Gasteiger partial charge is 0.162 e. The number of carbonyl (C=O) groups excluding carboxylic acids is 1. The molecule has 182 valence electrons. The van der Waals surface area contributed by atoms with Gasteiger partial charge in [0.25, 0.3) is 0 Å². The Morgan fingerprint density at radius 2 is 1.67 bits per heavy atom. The van der Waals surface area contributed by atoms with Crippen molar-refractivity contribution in [3.05, 3.63) is 36.4 Å². The fourth-order valence-corrected chi connectivity index (χ4v) is 3.36. The fraction of sp³-hybridized carbons (Fsp3) is 0.577. The van der Waals surface area contributed by atoms with Crippen molar-refractivity contribution >= 4 is 5.78 Å². The standard InChI is InChI=1S/C26H36F2N2O3/c1-3-5-6-7-8-9-15-32-22-13-14-24(25(28)16-22)26-29-17-23(18-30-26)33-19-20(27)11-12-21(31)10-4-2/h13-14,16-18,20H,3-12,15,19H2,1-2H3. The summed E-state index contributed by atoms with van der Waals surface area (Å²) in [7, 11) is 0. The van der Waals surface area contributed by atoms with Crippen LogP contribution in [0.15, 0.2) is 30.6 Å². The minimum atomic E-state index is -1.24. The second-order valence-electron chi connectivity index (χ2n) is 8.24. The number of Topliss-reactive ketones (excluding diaryl/α,β-unsaturated/α-hetero) is 1. The molecule has 0 saturated carbocycles. The first-order valence-corrected chi connectivity index (χ1v) is 12.1. The van der Waals surface area contributed by atoms with Gasteiger partial charge in [-0.25, -0.2) is 18.7 Å². The average Bonchev–Trinajstić information content (AvgIpc) is 2.81. The molecule has 0 fully saturated rings. The zero-order valence-electron chi connectivity index (χ0n) is 19.8. The van der Waals surface area contributed by atoms with Crippen molar-refractivity contribution in [1.82, 2.24) is 9.97 Å². The maximum atomic E-state index is 14.5. The Labute approximate surface area is 195 Å². The molecule has 2 aromatic rings. The SMILES string of the molecule is CCCCCCCCOc1ccc(-c2ncc(OCC(F)CCC(=O)CCC)cn2)c(F)c1. The first kappa shape index (κ1) is 26.7. The molecule has 1 aromatic carbocycles. The number of unbranched alkanes of at least 4 members (excludes halogenated alkanes) is 5. The molecule has 0 aliphatic carbocycles. The fourth-order valence-electron chi connectivity index (χ4n) is 3.36. The monoisotopic (exact) mass is 462 g/mol. The lowest BCUT2D eigenvalue weighted by molar-refractivity contribution is -0.119. The van der Waals surface area contributed by atoms with Crippen LogP contribution in [0.5, 0.6) is 11.5 Å². The van der Waals surface area contributed by atoms with Gasteiger partial charge in [-0.05, 0) is 31.4 Å². The summed E-state index contributed by atoms with van der Waals surface area (Å²) in [4.78, 5) is 19.8. The van der Waals surface area contributed by atoms with Gasteiger partial charge in [-0.15, -0.1) is 0 Å². The number of alkyl halides is 1.